The van der Waals surface area contributed by atoms with Crippen LogP contribution >= 0.6 is 0 Å². The number of sulfonamides is 1. The van der Waals surface area contributed by atoms with Crippen LogP contribution in [-0.4, -0.2) is 8.42 Å². The topological polar surface area (TPSA) is 58.2 Å². The van der Waals surface area contributed by atoms with Gasteiger partial charge in [0.2, 0.25) is 0 Å². The summed E-state index contributed by atoms with van der Waals surface area (Å²) < 4.78 is 26.5. The molecule has 0 fully saturated rings. The molecule has 2 aromatic carbocycles. The zero-order valence-electron chi connectivity index (χ0n) is 8.95. The van der Waals surface area contributed by atoms with Gasteiger partial charge in [-0.3, -0.25) is 4.72 Å². The van der Waals surface area contributed by atoms with Crippen molar-refractivity contribution in [1.29, 1.82) is 0 Å². The highest BCUT2D eigenvalue weighted by molar-refractivity contribution is 7.93. The third kappa shape index (κ3) is 1.08. The molecule has 0 unspecified atom stereocenters. The van der Waals surface area contributed by atoms with Gasteiger partial charge in [0, 0.05) is 18.5 Å². The fourth-order valence-corrected chi connectivity index (χ4v) is 4.04. The summed E-state index contributed by atoms with van der Waals surface area (Å²) in [4.78, 5) is 0.412. The quantitative estimate of drug-likeness (QED) is 0.741. The van der Waals surface area contributed by atoms with Gasteiger partial charge in [-0.2, -0.15) is 0 Å². The summed E-state index contributed by atoms with van der Waals surface area (Å²) in [6.45, 7) is 1.60. The highest BCUT2D eigenvalue weighted by atomic mass is 32.2. The van der Waals surface area contributed by atoms with E-state index in [0.29, 0.717) is 10.6 Å². The Hall–Kier alpha value is -1.59. The Bertz CT molecular complexity index is 755. The Kier molecular flexibility index (Phi) is 1.56. The maximum absolute atomic E-state index is 11.9. The molecule has 0 bridgehead atoms. The molecule has 5 heteroatoms. The molecule has 2 heterocycles. The third-order valence-electron chi connectivity index (χ3n) is 3.46. The number of hydrogen-bond donors (Lipinski definition) is 2. The Balaban J connectivity index is 2.29. The summed E-state index contributed by atoms with van der Waals surface area (Å²) in [6.07, 6.45) is 0. The summed E-state index contributed by atoms with van der Waals surface area (Å²) in [6, 6.07) is 7.45. The van der Waals surface area contributed by atoms with Crippen LogP contribution in [0.4, 0.5) is 5.69 Å². The van der Waals surface area contributed by atoms with E-state index in [4.69, 9.17) is 0 Å². The summed E-state index contributed by atoms with van der Waals surface area (Å²) >= 11 is 0. The Morgan fingerprint density at radius 1 is 0.941 bits per heavy atom. The van der Waals surface area contributed by atoms with E-state index in [-0.39, 0.29) is 0 Å². The average molecular weight is 246 g/mol. The van der Waals surface area contributed by atoms with Gasteiger partial charge in [-0.25, -0.2) is 8.42 Å². The Morgan fingerprint density at radius 2 is 1.65 bits per heavy atom. The van der Waals surface area contributed by atoms with Gasteiger partial charge in [0.1, 0.15) is 0 Å². The van der Waals surface area contributed by atoms with Crippen molar-refractivity contribution in [2.45, 2.75) is 18.0 Å². The van der Waals surface area contributed by atoms with Crippen LogP contribution in [0.2, 0.25) is 0 Å². The molecule has 0 atom stereocenters. The van der Waals surface area contributed by atoms with Crippen LogP contribution in [0.1, 0.15) is 11.1 Å². The van der Waals surface area contributed by atoms with Crippen LogP contribution in [-0.2, 0) is 23.1 Å². The summed E-state index contributed by atoms with van der Waals surface area (Å²) in [5, 5.41) is 5.28. The molecule has 0 aromatic heterocycles. The lowest BCUT2D eigenvalue weighted by Gasteiger charge is -2.18. The van der Waals surface area contributed by atoms with Gasteiger partial charge in [0.15, 0.2) is 0 Å². The highest BCUT2D eigenvalue weighted by Gasteiger charge is 2.29. The molecule has 0 amide bonds. The predicted octanol–water partition coefficient (Wildman–Crippen LogP) is 1.56. The van der Waals surface area contributed by atoms with E-state index in [1.807, 2.05) is 18.2 Å². The molecular weight excluding hydrogens is 236 g/mol. The van der Waals surface area contributed by atoms with Gasteiger partial charge < -0.3 is 5.32 Å². The first-order valence-electron chi connectivity index (χ1n) is 5.48. The minimum Gasteiger partial charge on any atom is -0.309 e. The van der Waals surface area contributed by atoms with Crippen LogP contribution in [0.5, 0.6) is 0 Å². The van der Waals surface area contributed by atoms with Crippen LogP contribution in [0, 0.1) is 0 Å². The minimum atomic E-state index is -3.35. The molecule has 0 aliphatic carbocycles. The first-order chi connectivity index (χ1) is 8.17. The predicted molar refractivity (Wildman–Crippen MR) is 65.3 cm³/mol. The largest absolute Gasteiger partial charge is 0.309 e. The van der Waals surface area contributed by atoms with Crippen LogP contribution in [0.3, 0.4) is 0 Å². The van der Waals surface area contributed by atoms with Crippen molar-refractivity contribution < 1.29 is 8.42 Å². The molecule has 86 valence electrons. The van der Waals surface area contributed by atoms with Crippen LogP contribution < -0.4 is 10.0 Å². The summed E-state index contributed by atoms with van der Waals surface area (Å²) in [5.74, 6) is 0. The Labute approximate surface area is 98.7 Å². The maximum atomic E-state index is 11.9. The highest BCUT2D eigenvalue weighted by Crippen LogP contribution is 2.41. The lowest BCUT2D eigenvalue weighted by atomic mass is 9.95. The number of hydrogen-bond acceptors (Lipinski definition) is 3. The van der Waals surface area contributed by atoms with Gasteiger partial charge in [-0.05, 0) is 28.6 Å². The lowest BCUT2D eigenvalue weighted by Crippen LogP contribution is -2.18. The van der Waals surface area contributed by atoms with Crippen molar-refractivity contribution in [3.8, 4) is 0 Å². The van der Waals surface area contributed by atoms with E-state index in [0.717, 1.165) is 23.9 Å². The van der Waals surface area contributed by atoms with Crippen molar-refractivity contribution in [3.63, 3.8) is 0 Å². The minimum absolute atomic E-state index is 0.412. The molecule has 2 aliphatic rings. The summed E-state index contributed by atoms with van der Waals surface area (Å²) in [7, 11) is -3.35. The fourth-order valence-electron chi connectivity index (χ4n) is 2.75. The van der Waals surface area contributed by atoms with E-state index in [1.54, 1.807) is 6.07 Å². The number of anilines is 1. The smallest absolute Gasteiger partial charge is 0.262 e. The Morgan fingerprint density at radius 3 is 2.41 bits per heavy atom. The molecule has 17 heavy (non-hydrogen) atoms. The zero-order valence-corrected chi connectivity index (χ0v) is 9.76. The molecule has 2 N–H and O–H groups in total. The van der Waals surface area contributed by atoms with Gasteiger partial charge in [-0.1, -0.05) is 12.1 Å². The van der Waals surface area contributed by atoms with E-state index in [2.05, 4.69) is 10.0 Å². The number of benzene rings is 2. The van der Waals surface area contributed by atoms with Gasteiger partial charge in [0.25, 0.3) is 10.0 Å². The molecule has 2 aromatic rings. The molecule has 4 nitrogen and oxygen atoms in total. The SMILES string of the molecule is O=S1(=O)Nc2ccc3c4c(ccc1c24)CNC3. The van der Waals surface area contributed by atoms with E-state index < -0.39 is 10.0 Å². The first-order valence-corrected chi connectivity index (χ1v) is 6.96. The van der Waals surface area contributed by atoms with Crippen LogP contribution in [0.25, 0.3) is 10.8 Å². The molecule has 0 spiro atoms. The number of nitrogens with one attached hydrogen (secondary N) is 2. The van der Waals surface area contributed by atoms with E-state index in [9.17, 15) is 8.42 Å². The van der Waals surface area contributed by atoms with Crippen molar-refractivity contribution in [2.24, 2.45) is 0 Å². The van der Waals surface area contributed by atoms with Crippen molar-refractivity contribution in [2.75, 3.05) is 4.72 Å². The summed E-state index contributed by atoms with van der Waals surface area (Å²) in [5.41, 5.74) is 3.05. The van der Waals surface area contributed by atoms with E-state index >= 15 is 0 Å². The molecule has 0 saturated heterocycles. The average Bonchev–Trinajstić information content (AvgIpc) is 2.59. The van der Waals surface area contributed by atoms with Crippen LogP contribution in [0.15, 0.2) is 29.2 Å². The molecule has 2 aliphatic heterocycles. The first kappa shape index (κ1) is 9.44. The normalized spacial score (nSPS) is 19.3. The van der Waals surface area contributed by atoms with Crippen molar-refractivity contribution in [1.82, 2.24) is 5.32 Å². The van der Waals surface area contributed by atoms with Gasteiger partial charge in [0.05, 0.1) is 10.6 Å². The van der Waals surface area contributed by atoms with Gasteiger partial charge >= 0.3 is 0 Å². The zero-order chi connectivity index (χ0) is 11.6. The second kappa shape index (κ2) is 2.80. The maximum Gasteiger partial charge on any atom is 0.262 e. The monoisotopic (exact) mass is 246 g/mol. The standard InChI is InChI=1S/C12H10N2O2S/c15-17(16)10-4-2-8-6-13-5-7-1-3-9(14-17)12(10)11(7)8/h1-4,13-14H,5-6H2. The van der Waals surface area contributed by atoms with Crippen molar-refractivity contribution >= 4 is 26.5 Å². The van der Waals surface area contributed by atoms with Gasteiger partial charge in [-0.15, -0.1) is 0 Å². The lowest BCUT2D eigenvalue weighted by molar-refractivity contribution is 0.603. The molecule has 4 rings (SSSR count). The second-order valence-corrected chi connectivity index (χ2v) is 6.10. The molecule has 0 radical (unpaired) electrons. The second-order valence-electron chi connectivity index (χ2n) is 4.45. The third-order valence-corrected chi connectivity index (χ3v) is 4.87. The van der Waals surface area contributed by atoms with E-state index in [1.165, 1.54) is 11.1 Å². The molecular formula is C12H10N2O2S. The van der Waals surface area contributed by atoms with Crippen molar-refractivity contribution in [3.05, 3.63) is 35.4 Å². The fraction of sp³-hybridized carbons (Fsp3) is 0.167. The molecule has 0 saturated carbocycles. The number of rotatable bonds is 0.